The molecular weight excluding hydrogens is 259 g/mol. The smallest absolute Gasteiger partial charge is 0.239 e. The minimum absolute atomic E-state index is 0.0703. The molecule has 0 aromatic heterocycles. The third-order valence-corrected chi connectivity index (χ3v) is 3.62. The number of piperidine rings is 1. The van der Waals surface area contributed by atoms with Gasteiger partial charge in [0.05, 0.1) is 13.2 Å². The Morgan fingerprint density at radius 3 is 2.90 bits per heavy atom. The summed E-state index contributed by atoms with van der Waals surface area (Å²) in [7, 11) is 3.18. The quantitative estimate of drug-likeness (QED) is 0.916. The molecule has 4 nitrogen and oxygen atoms in total. The Hall–Kier alpha value is -1.62. The summed E-state index contributed by atoms with van der Waals surface area (Å²) in [6.45, 7) is 1.29. The van der Waals surface area contributed by atoms with Crippen LogP contribution >= 0.6 is 0 Å². The largest absolute Gasteiger partial charge is 0.494 e. The number of carbonyl (C=O) groups is 1. The number of ether oxygens (including phenoxy) is 1. The molecule has 1 unspecified atom stereocenters. The molecule has 0 bridgehead atoms. The van der Waals surface area contributed by atoms with Crippen LogP contribution in [-0.2, 0) is 11.3 Å². The molecule has 1 saturated heterocycles. The first-order chi connectivity index (χ1) is 9.61. The van der Waals surface area contributed by atoms with E-state index in [1.807, 2.05) is 0 Å². The van der Waals surface area contributed by atoms with E-state index in [1.54, 1.807) is 24.1 Å². The predicted molar refractivity (Wildman–Crippen MR) is 75.1 cm³/mol. The van der Waals surface area contributed by atoms with Gasteiger partial charge in [0.25, 0.3) is 0 Å². The van der Waals surface area contributed by atoms with Crippen LogP contribution < -0.4 is 10.1 Å². The maximum Gasteiger partial charge on any atom is 0.239 e. The van der Waals surface area contributed by atoms with Gasteiger partial charge >= 0.3 is 0 Å². The standard InChI is InChI=1S/C15H21FN2O2/c1-18(15(19)13-5-3-4-8-17-13)10-11-6-7-14(20-2)12(16)9-11/h6-7,9,13,17H,3-5,8,10H2,1-2H3. The van der Waals surface area contributed by atoms with Gasteiger partial charge < -0.3 is 15.0 Å². The molecule has 110 valence electrons. The monoisotopic (exact) mass is 280 g/mol. The second-order valence-electron chi connectivity index (χ2n) is 5.17. The van der Waals surface area contributed by atoms with Crippen molar-refractivity contribution in [3.8, 4) is 5.75 Å². The summed E-state index contributed by atoms with van der Waals surface area (Å²) in [6.07, 6.45) is 3.08. The molecule has 1 heterocycles. The fourth-order valence-corrected chi connectivity index (χ4v) is 2.49. The Labute approximate surface area is 118 Å². The number of halogens is 1. The van der Waals surface area contributed by atoms with Crippen LogP contribution in [0.3, 0.4) is 0 Å². The molecule has 1 atom stereocenters. The number of hydrogen-bond donors (Lipinski definition) is 1. The molecular formula is C15H21FN2O2. The molecule has 1 aliphatic rings. The highest BCUT2D eigenvalue weighted by molar-refractivity contribution is 5.81. The molecule has 20 heavy (non-hydrogen) atoms. The molecule has 1 aliphatic heterocycles. The summed E-state index contributed by atoms with van der Waals surface area (Å²) in [5.41, 5.74) is 0.759. The number of hydrogen-bond acceptors (Lipinski definition) is 3. The fourth-order valence-electron chi connectivity index (χ4n) is 2.49. The van der Waals surface area contributed by atoms with Gasteiger partial charge in [0, 0.05) is 13.6 Å². The van der Waals surface area contributed by atoms with Crippen molar-refractivity contribution in [3.05, 3.63) is 29.6 Å². The second kappa shape index (κ2) is 6.70. The highest BCUT2D eigenvalue weighted by Gasteiger charge is 2.23. The first-order valence-corrected chi connectivity index (χ1v) is 6.92. The Kier molecular flexibility index (Phi) is 4.95. The van der Waals surface area contributed by atoms with Crippen molar-refractivity contribution in [1.29, 1.82) is 0 Å². The molecule has 1 amide bonds. The first-order valence-electron chi connectivity index (χ1n) is 6.92. The van der Waals surface area contributed by atoms with E-state index in [9.17, 15) is 9.18 Å². The molecule has 0 spiro atoms. The average molecular weight is 280 g/mol. The molecule has 1 N–H and O–H groups in total. The zero-order valence-electron chi connectivity index (χ0n) is 12.0. The van der Waals surface area contributed by atoms with E-state index in [0.717, 1.165) is 31.4 Å². The van der Waals surface area contributed by atoms with Crippen LogP contribution in [0.15, 0.2) is 18.2 Å². The lowest BCUT2D eigenvalue weighted by atomic mass is 10.0. The summed E-state index contributed by atoms with van der Waals surface area (Å²) in [6, 6.07) is 4.68. The second-order valence-corrected chi connectivity index (χ2v) is 5.17. The van der Waals surface area contributed by atoms with Gasteiger partial charge in [-0.15, -0.1) is 0 Å². The van der Waals surface area contributed by atoms with Gasteiger partial charge in [-0.25, -0.2) is 4.39 Å². The average Bonchev–Trinajstić information content (AvgIpc) is 2.47. The van der Waals surface area contributed by atoms with Crippen LogP contribution in [0, 0.1) is 5.82 Å². The molecule has 1 fully saturated rings. The molecule has 2 rings (SSSR count). The number of benzene rings is 1. The van der Waals surface area contributed by atoms with Crippen molar-refractivity contribution in [1.82, 2.24) is 10.2 Å². The van der Waals surface area contributed by atoms with Crippen molar-refractivity contribution in [2.75, 3.05) is 20.7 Å². The number of amides is 1. The summed E-state index contributed by atoms with van der Waals surface area (Å²) < 4.78 is 18.5. The van der Waals surface area contributed by atoms with Crippen molar-refractivity contribution in [3.63, 3.8) is 0 Å². The van der Waals surface area contributed by atoms with E-state index in [1.165, 1.54) is 13.2 Å². The minimum atomic E-state index is -0.401. The van der Waals surface area contributed by atoms with Gasteiger partial charge in [-0.05, 0) is 37.1 Å². The van der Waals surface area contributed by atoms with Crippen molar-refractivity contribution >= 4 is 5.91 Å². The number of carbonyl (C=O) groups excluding carboxylic acids is 1. The Morgan fingerprint density at radius 1 is 1.50 bits per heavy atom. The highest BCUT2D eigenvalue weighted by atomic mass is 19.1. The number of likely N-dealkylation sites (N-methyl/N-ethyl adjacent to an activating group) is 1. The summed E-state index contributed by atoms with van der Waals surface area (Å²) in [5, 5.41) is 3.23. The molecule has 0 radical (unpaired) electrons. The Morgan fingerprint density at radius 2 is 2.30 bits per heavy atom. The highest BCUT2D eigenvalue weighted by Crippen LogP contribution is 2.19. The van der Waals surface area contributed by atoms with Gasteiger partial charge in [0.15, 0.2) is 11.6 Å². The topological polar surface area (TPSA) is 41.6 Å². The lowest BCUT2D eigenvalue weighted by Gasteiger charge is -2.27. The van der Waals surface area contributed by atoms with Crippen LogP contribution in [0.2, 0.25) is 0 Å². The zero-order chi connectivity index (χ0) is 14.5. The normalized spacial score (nSPS) is 18.6. The maximum absolute atomic E-state index is 13.6. The van der Waals surface area contributed by atoms with E-state index < -0.39 is 5.82 Å². The fraction of sp³-hybridized carbons (Fsp3) is 0.533. The molecule has 1 aromatic rings. The zero-order valence-corrected chi connectivity index (χ0v) is 12.0. The molecule has 0 aliphatic carbocycles. The lowest BCUT2D eigenvalue weighted by Crippen LogP contribution is -2.46. The number of methoxy groups -OCH3 is 1. The molecule has 0 saturated carbocycles. The van der Waals surface area contributed by atoms with Gasteiger partial charge in [-0.2, -0.15) is 0 Å². The van der Waals surface area contributed by atoms with Crippen molar-refractivity contribution in [2.45, 2.75) is 31.8 Å². The van der Waals surface area contributed by atoms with Crippen LogP contribution in [0.1, 0.15) is 24.8 Å². The van der Waals surface area contributed by atoms with Crippen molar-refractivity contribution in [2.24, 2.45) is 0 Å². The van der Waals surface area contributed by atoms with Crippen LogP contribution in [0.4, 0.5) is 4.39 Å². The maximum atomic E-state index is 13.6. The first kappa shape index (κ1) is 14.8. The number of nitrogens with one attached hydrogen (secondary N) is 1. The Bertz CT molecular complexity index is 473. The third-order valence-electron chi connectivity index (χ3n) is 3.62. The Balaban J connectivity index is 1.98. The minimum Gasteiger partial charge on any atom is -0.494 e. The summed E-state index contributed by atoms with van der Waals surface area (Å²) in [5.74, 6) is -0.112. The third kappa shape index (κ3) is 3.48. The summed E-state index contributed by atoms with van der Waals surface area (Å²) >= 11 is 0. The van der Waals surface area contributed by atoms with Gasteiger partial charge in [0.2, 0.25) is 5.91 Å². The van der Waals surface area contributed by atoms with E-state index in [-0.39, 0.29) is 17.7 Å². The lowest BCUT2D eigenvalue weighted by molar-refractivity contribution is -0.133. The number of nitrogens with zero attached hydrogens (tertiary/aromatic N) is 1. The predicted octanol–water partition coefficient (Wildman–Crippen LogP) is 1.93. The van der Waals surface area contributed by atoms with E-state index in [4.69, 9.17) is 4.74 Å². The van der Waals surface area contributed by atoms with Crippen molar-refractivity contribution < 1.29 is 13.9 Å². The van der Waals surface area contributed by atoms with Crippen LogP contribution in [0.5, 0.6) is 5.75 Å². The number of rotatable bonds is 4. The molecule has 1 aromatic carbocycles. The van der Waals surface area contributed by atoms with Gasteiger partial charge in [0.1, 0.15) is 0 Å². The van der Waals surface area contributed by atoms with Crippen LogP contribution in [0.25, 0.3) is 0 Å². The van der Waals surface area contributed by atoms with Gasteiger partial charge in [-0.3, -0.25) is 4.79 Å². The molecule has 5 heteroatoms. The SMILES string of the molecule is COc1ccc(CN(C)C(=O)C2CCCCN2)cc1F. The van der Waals surface area contributed by atoms with E-state index >= 15 is 0 Å². The summed E-state index contributed by atoms with van der Waals surface area (Å²) in [4.78, 5) is 13.9. The van der Waals surface area contributed by atoms with E-state index in [0.29, 0.717) is 6.54 Å². The van der Waals surface area contributed by atoms with E-state index in [2.05, 4.69) is 5.32 Å². The van der Waals surface area contributed by atoms with Gasteiger partial charge in [-0.1, -0.05) is 12.5 Å². The van der Waals surface area contributed by atoms with Crippen LogP contribution in [-0.4, -0.2) is 37.6 Å².